The minimum atomic E-state index is 0.160. The van der Waals surface area contributed by atoms with Crippen LogP contribution in [0.4, 0.5) is 5.00 Å². The van der Waals surface area contributed by atoms with Crippen LogP contribution in [-0.2, 0) is 17.8 Å². The molecule has 0 radical (unpaired) electrons. The number of hydrogen-bond acceptors (Lipinski definition) is 4. The lowest BCUT2D eigenvalue weighted by Gasteiger charge is -2.13. The Labute approximate surface area is 104 Å². The largest absolute Gasteiger partial charge is 0.312 e. The molecule has 2 aliphatic rings. The number of nitrogens with zero attached hydrogens (tertiary/aromatic N) is 2. The Kier molecular flexibility index (Phi) is 2.61. The minimum absolute atomic E-state index is 0.160. The van der Waals surface area contributed by atoms with Crippen molar-refractivity contribution < 1.29 is 4.79 Å². The summed E-state index contributed by atoms with van der Waals surface area (Å²) in [7, 11) is 0. The lowest BCUT2D eigenvalue weighted by Crippen LogP contribution is -2.24. The average molecular weight is 247 g/mol. The van der Waals surface area contributed by atoms with E-state index in [9.17, 15) is 10.1 Å². The topological polar surface area (TPSA) is 56.1 Å². The summed E-state index contributed by atoms with van der Waals surface area (Å²) in [5.41, 5.74) is 1.90. The van der Waals surface area contributed by atoms with Gasteiger partial charge in [0.2, 0.25) is 5.91 Å². The van der Waals surface area contributed by atoms with Gasteiger partial charge in [-0.05, 0) is 24.9 Å². The van der Waals surface area contributed by atoms with Gasteiger partial charge in [0.1, 0.15) is 11.1 Å². The van der Waals surface area contributed by atoms with Gasteiger partial charge in [0.05, 0.1) is 5.56 Å². The molecule has 0 unspecified atom stereocenters. The fourth-order valence-electron chi connectivity index (χ4n) is 2.49. The van der Waals surface area contributed by atoms with E-state index >= 15 is 0 Å². The molecule has 0 saturated carbocycles. The Morgan fingerprint density at radius 3 is 3.00 bits per heavy atom. The SMILES string of the molecule is N#Cc1c(N2CCCC2=O)sc2c1CCNC2. The zero-order valence-corrected chi connectivity index (χ0v) is 10.3. The standard InChI is InChI=1S/C12H13N3OS/c13-6-9-8-3-4-14-7-10(8)17-12(9)15-5-1-2-11(15)16/h14H,1-5,7H2. The predicted octanol–water partition coefficient (Wildman–Crippen LogP) is 1.39. The molecular weight excluding hydrogens is 234 g/mol. The molecule has 1 aromatic rings. The van der Waals surface area contributed by atoms with Crippen molar-refractivity contribution in [3.8, 4) is 6.07 Å². The molecule has 0 aliphatic carbocycles. The highest BCUT2D eigenvalue weighted by atomic mass is 32.1. The molecule has 3 rings (SSSR count). The Balaban J connectivity index is 2.07. The van der Waals surface area contributed by atoms with E-state index in [1.54, 1.807) is 16.2 Å². The van der Waals surface area contributed by atoms with Crippen LogP contribution in [0.3, 0.4) is 0 Å². The van der Waals surface area contributed by atoms with Gasteiger partial charge < -0.3 is 10.2 Å². The first-order valence-electron chi connectivity index (χ1n) is 5.87. The van der Waals surface area contributed by atoms with E-state index in [4.69, 9.17) is 0 Å². The Morgan fingerprint density at radius 2 is 2.29 bits per heavy atom. The second-order valence-corrected chi connectivity index (χ2v) is 5.46. The molecular formula is C12H13N3OS. The highest BCUT2D eigenvalue weighted by Crippen LogP contribution is 2.38. The Morgan fingerprint density at radius 1 is 1.41 bits per heavy atom. The van der Waals surface area contributed by atoms with Crippen molar-refractivity contribution in [1.82, 2.24) is 5.32 Å². The van der Waals surface area contributed by atoms with Crippen LogP contribution in [0.1, 0.15) is 28.8 Å². The van der Waals surface area contributed by atoms with Gasteiger partial charge >= 0.3 is 0 Å². The van der Waals surface area contributed by atoms with E-state index in [0.717, 1.165) is 48.6 Å². The second kappa shape index (κ2) is 4.13. The molecule has 1 fully saturated rings. The van der Waals surface area contributed by atoms with Gasteiger partial charge in [-0.1, -0.05) is 0 Å². The van der Waals surface area contributed by atoms with Crippen molar-refractivity contribution in [3.63, 3.8) is 0 Å². The van der Waals surface area contributed by atoms with Crippen LogP contribution in [0.5, 0.6) is 0 Å². The molecule has 1 amide bonds. The van der Waals surface area contributed by atoms with Crippen molar-refractivity contribution in [2.45, 2.75) is 25.8 Å². The third-order valence-corrected chi connectivity index (χ3v) is 4.59. The highest BCUT2D eigenvalue weighted by Gasteiger charge is 2.29. The van der Waals surface area contributed by atoms with Crippen molar-refractivity contribution in [2.75, 3.05) is 18.0 Å². The number of thiophene rings is 1. The summed E-state index contributed by atoms with van der Waals surface area (Å²) < 4.78 is 0. The first-order chi connectivity index (χ1) is 8.31. The molecule has 4 nitrogen and oxygen atoms in total. The van der Waals surface area contributed by atoms with Crippen LogP contribution in [0.2, 0.25) is 0 Å². The van der Waals surface area contributed by atoms with E-state index in [1.165, 1.54) is 4.88 Å². The van der Waals surface area contributed by atoms with Crippen molar-refractivity contribution in [2.24, 2.45) is 0 Å². The quantitative estimate of drug-likeness (QED) is 0.816. The van der Waals surface area contributed by atoms with Gasteiger partial charge in [0.25, 0.3) is 0 Å². The number of fused-ring (bicyclic) bond motifs is 1. The number of nitriles is 1. The Bertz CT molecular complexity index is 515. The van der Waals surface area contributed by atoms with Gasteiger partial charge in [-0.25, -0.2) is 0 Å². The van der Waals surface area contributed by atoms with E-state index in [0.29, 0.717) is 6.42 Å². The molecule has 1 aromatic heterocycles. The van der Waals surface area contributed by atoms with E-state index in [2.05, 4.69) is 11.4 Å². The summed E-state index contributed by atoms with van der Waals surface area (Å²) in [5.74, 6) is 0.160. The number of carbonyl (C=O) groups is 1. The van der Waals surface area contributed by atoms with Crippen LogP contribution in [0.15, 0.2) is 0 Å². The third-order valence-electron chi connectivity index (χ3n) is 3.34. The summed E-state index contributed by atoms with van der Waals surface area (Å²) in [5, 5.41) is 13.5. The maximum Gasteiger partial charge on any atom is 0.227 e. The van der Waals surface area contributed by atoms with Crippen LogP contribution < -0.4 is 10.2 Å². The lowest BCUT2D eigenvalue weighted by atomic mass is 10.0. The smallest absolute Gasteiger partial charge is 0.227 e. The van der Waals surface area contributed by atoms with Gasteiger partial charge in [-0.3, -0.25) is 4.79 Å². The summed E-state index contributed by atoms with van der Waals surface area (Å²) in [4.78, 5) is 14.8. The molecule has 1 N–H and O–H groups in total. The molecule has 17 heavy (non-hydrogen) atoms. The number of carbonyl (C=O) groups excluding carboxylic acids is 1. The fourth-order valence-corrected chi connectivity index (χ4v) is 3.80. The van der Waals surface area contributed by atoms with Crippen molar-refractivity contribution >= 4 is 22.2 Å². The fraction of sp³-hybridized carbons (Fsp3) is 0.500. The van der Waals surface area contributed by atoms with Gasteiger partial charge in [-0.15, -0.1) is 11.3 Å². The summed E-state index contributed by atoms with van der Waals surface area (Å²) in [6.07, 6.45) is 2.42. The number of amides is 1. The monoisotopic (exact) mass is 247 g/mol. The summed E-state index contributed by atoms with van der Waals surface area (Å²) in [6.45, 7) is 2.52. The van der Waals surface area contributed by atoms with Crippen molar-refractivity contribution in [3.05, 3.63) is 16.0 Å². The summed E-state index contributed by atoms with van der Waals surface area (Å²) in [6, 6.07) is 2.29. The maximum absolute atomic E-state index is 11.8. The zero-order chi connectivity index (χ0) is 11.8. The van der Waals surface area contributed by atoms with Crippen LogP contribution >= 0.6 is 11.3 Å². The minimum Gasteiger partial charge on any atom is -0.312 e. The maximum atomic E-state index is 11.8. The third kappa shape index (κ3) is 1.65. The van der Waals surface area contributed by atoms with E-state index in [-0.39, 0.29) is 5.91 Å². The molecule has 0 aromatic carbocycles. The lowest BCUT2D eigenvalue weighted by molar-refractivity contribution is -0.117. The average Bonchev–Trinajstić information content (AvgIpc) is 2.91. The molecule has 88 valence electrons. The molecule has 2 aliphatic heterocycles. The summed E-state index contributed by atoms with van der Waals surface area (Å²) >= 11 is 1.61. The van der Waals surface area contributed by atoms with Crippen molar-refractivity contribution in [1.29, 1.82) is 5.26 Å². The van der Waals surface area contributed by atoms with E-state index < -0.39 is 0 Å². The first-order valence-corrected chi connectivity index (χ1v) is 6.68. The number of hydrogen-bond donors (Lipinski definition) is 1. The van der Waals surface area contributed by atoms with Gasteiger partial charge in [0.15, 0.2) is 0 Å². The van der Waals surface area contributed by atoms with Crippen LogP contribution in [0, 0.1) is 11.3 Å². The van der Waals surface area contributed by atoms with Gasteiger partial charge in [-0.2, -0.15) is 5.26 Å². The van der Waals surface area contributed by atoms with Gasteiger partial charge in [0, 0.05) is 24.4 Å². The second-order valence-electron chi connectivity index (χ2n) is 4.37. The molecule has 3 heterocycles. The normalized spacial score (nSPS) is 19.2. The first kappa shape index (κ1) is 10.8. The van der Waals surface area contributed by atoms with Crippen LogP contribution in [0.25, 0.3) is 0 Å². The predicted molar refractivity (Wildman–Crippen MR) is 66.0 cm³/mol. The Hall–Kier alpha value is -1.38. The van der Waals surface area contributed by atoms with Crippen LogP contribution in [-0.4, -0.2) is 19.0 Å². The number of anilines is 1. The number of nitrogens with one attached hydrogen (secondary N) is 1. The van der Waals surface area contributed by atoms with E-state index in [1.807, 2.05) is 0 Å². The molecule has 0 bridgehead atoms. The molecule has 0 atom stereocenters. The molecule has 5 heteroatoms. The zero-order valence-electron chi connectivity index (χ0n) is 9.45. The molecule has 0 spiro atoms. The number of rotatable bonds is 1. The molecule has 1 saturated heterocycles. The highest BCUT2D eigenvalue weighted by molar-refractivity contribution is 7.16.